The maximum atomic E-state index is 5.75. The zero-order valence-electron chi connectivity index (χ0n) is 6.79. The van der Waals surface area contributed by atoms with Crippen LogP contribution in [0.15, 0.2) is 24.4 Å². The number of aromatic amines is 1. The van der Waals surface area contributed by atoms with E-state index in [-0.39, 0.29) is 0 Å². The number of rotatable bonds is 1. The molecule has 3 nitrogen and oxygen atoms in total. The van der Waals surface area contributed by atoms with Gasteiger partial charge in [-0.05, 0) is 18.2 Å². The van der Waals surface area contributed by atoms with Crippen molar-refractivity contribution >= 4 is 16.6 Å². The molecule has 0 atom stereocenters. The second-order valence-corrected chi connectivity index (χ2v) is 2.62. The Morgan fingerprint density at radius 3 is 2.92 bits per heavy atom. The number of ether oxygens (including phenoxy) is 1. The van der Waals surface area contributed by atoms with Gasteiger partial charge >= 0.3 is 0 Å². The third kappa shape index (κ3) is 0.830. The number of nitrogens with one attached hydrogen (secondary N) is 1. The summed E-state index contributed by atoms with van der Waals surface area (Å²) in [6.45, 7) is 0. The summed E-state index contributed by atoms with van der Waals surface area (Å²) in [4.78, 5) is 3.07. The molecule has 3 heteroatoms. The van der Waals surface area contributed by atoms with Crippen LogP contribution in [-0.2, 0) is 0 Å². The van der Waals surface area contributed by atoms with Crippen molar-refractivity contribution in [2.24, 2.45) is 0 Å². The summed E-state index contributed by atoms with van der Waals surface area (Å²) in [6, 6.07) is 5.64. The van der Waals surface area contributed by atoms with Crippen molar-refractivity contribution < 1.29 is 4.74 Å². The fourth-order valence-electron chi connectivity index (χ4n) is 1.32. The molecule has 0 aliphatic heterocycles. The molecule has 0 fully saturated rings. The van der Waals surface area contributed by atoms with Crippen molar-refractivity contribution in [2.75, 3.05) is 12.8 Å². The average molecular weight is 162 g/mol. The molecule has 2 aromatic rings. The van der Waals surface area contributed by atoms with Crippen LogP contribution in [0.25, 0.3) is 10.9 Å². The molecule has 0 unspecified atom stereocenters. The average Bonchev–Trinajstić information content (AvgIpc) is 2.54. The zero-order valence-corrected chi connectivity index (χ0v) is 6.79. The monoisotopic (exact) mass is 162 g/mol. The molecule has 1 heterocycles. The van der Waals surface area contributed by atoms with Gasteiger partial charge in [0.1, 0.15) is 5.75 Å². The third-order valence-electron chi connectivity index (χ3n) is 1.94. The van der Waals surface area contributed by atoms with Crippen molar-refractivity contribution in [3.8, 4) is 5.75 Å². The quantitative estimate of drug-likeness (QED) is 0.628. The van der Waals surface area contributed by atoms with E-state index in [1.54, 1.807) is 7.11 Å². The second-order valence-electron chi connectivity index (χ2n) is 2.62. The number of aromatic nitrogens is 1. The van der Waals surface area contributed by atoms with E-state index in [0.29, 0.717) is 0 Å². The van der Waals surface area contributed by atoms with Crippen molar-refractivity contribution in [2.45, 2.75) is 0 Å². The standard InChI is InChI=1S/C9H10N2O/c1-12-8-3-2-7(10)6-4-5-11-9(6)8/h2-5,11H,10H2,1H3. The summed E-state index contributed by atoms with van der Waals surface area (Å²) < 4.78 is 5.15. The smallest absolute Gasteiger partial charge is 0.143 e. The maximum Gasteiger partial charge on any atom is 0.143 e. The third-order valence-corrected chi connectivity index (χ3v) is 1.94. The summed E-state index contributed by atoms with van der Waals surface area (Å²) in [5.41, 5.74) is 7.48. The van der Waals surface area contributed by atoms with Crippen LogP contribution >= 0.6 is 0 Å². The molecule has 3 N–H and O–H groups in total. The van der Waals surface area contributed by atoms with Gasteiger partial charge in [0.05, 0.1) is 12.6 Å². The Morgan fingerprint density at radius 2 is 2.17 bits per heavy atom. The van der Waals surface area contributed by atoms with Crippen LogP contribution in [-0.4, -0.2) is 12.1 Å². The van der Waals surface area contributed by atoms with Gasteiger partial charge in [0.25, 0.3) is 0 Å². The Hall–Kier alpha value is -1.64. The minimum absolute atomic E-state index is 0.770. The van der Waals surface area contributed by atoms with Crippen molar-refractivity contribution in [1.82, 2.24) is 4.98 Å². The highest BCUT2D eigenvalue weighted by Crippen LogP contribution is 2.28. The first kappa shape index (κ1) is 7.03. The molecule has 12 heavy (non-hydrogen) atoms. The van der Waals surface area contributed by atoms with Gasteiger partial charge in [-0.1, -0.05) is 0 Å². The Balaban J connectivity index is 2.82. The van der Waals surface area contributed by atoms with E-state index >= 15 is 0 Å². The van der Waals surface area contributed by atoms with Crippen LogP contribution in [0, 0.1) is 0 Å². The van der Waals surface area contributed by atoms with E-state index in [1.165, 1.54) is 0 Å². The Labute approximate surface area is 70.1 Å². The molecule has 1 aromatic carbocycles. The summed E-state index contributed by atoms with van der Waals surface area (Å²) in [5, 5.41) is 1.01. The fraction of sp³-hybridized carbons (Fsp3) is 0.111. The fourth-order valence-corrected chi connectivity index (χ4v) is 1.32. The minimum Gasteiger partial charge on any atom is -0.495 e. The van der Waals surface area contributed by atoms with Crippen LogP contribution in [0.1, 0.15) is 0 Å². The molecule has 0 bridgehead atoms. The van der Waals surface area contributed by atoms with Crippen molar-refractivity contribution in [3.05, 3.63) is 24.4 Å². The molecule has 0 amide bonds. The van der Waals surface area contributed by atoms with Gasteiger partial charge in [-0.3, -0.25) is 0 Å². The highest BCUT2D eigenvalue weighted by atomic mass is 16.5. The van der Waals surface area contributed by atoms with Gasteiger partial charge in [0.2, 0.25) is 0 Å². The number of hydrogen-bond donors (Lipinski definition) is 2. The number of hydrogen-bond acceptors (Lipinski definition) is 2. The molecule has 62 valence electrons. The minimum atomic E-state index is 0.770. The Morgan fingerprint density at radius 1 is 1.33 bits per heavy atom. The van der Waals surface area contributed by atoms with E-state index in [9.17, 15) is 0 Å². The molecule has 0 spiro atoms. The number of benzene rings is 1. The first-order chi connectivity index (χ1) is 5.83. The molecular weight excluding hydrogens is 152 g/mol. The normalized spacial score (nSPS) is 10.4. The molecule has 0 radical (unpaired) electrons. The first-order valence-corrected chi connectivity index (χ1v) is 3.72. The van der Waals surface area contributed by atoms with E-state index in [2.05, 4.69) is 4.98 Å². The molecule has 0 aliphatic carbocycles. The lowest BCUT2D eigenvalue weighted by Gasteiger charge is -2.02. The van der Waals surface area contributed by atoms with Crippen LogP contribution in [0.2, 0.25) is 0 Å². The molecular formula is C9H10N2O. The lowest BCUT2D eigenvalue weighted by Crippen LogP contribution is -1.88. The summed E-state index contributed by atoms with van der Waals surface area (Å²) in [5.74, 6) is 0.823. The highest BCUT2D eigenvalue weighted by Gasteiger charge is 2.03. The molecule has 1 aromatic heterocycles. The number of H-pyrrole nitrogens is 1. The SMILES string of the molecule is COc1ccc(N)c2cc[nH]c12. The Bertz CT molecular complexity index is 406. The van der Waals surface area contributed by atoms with Crippen LogP contribution in [0.3, 0.4) is 0 Å². The number of anilines is 1. The van der Waals surface area contributed by atoms with Gasteiger partial charge in [-0.25, -0.2) is 0 Å². The van der Waals surface area contributed by atoms with Crippen LogP contribution in [0.4, 0.5) is 5.69 Å². The predicted octanol–water partition coefficient (Wildman–Crippen LogP) is 1.76. The Kier molecular flexibility index (Phi) is 1.43. The van der Waals surface area contributed by atoms with Gasteiger partial charge in [-0.15, -0.1) is 0 Å². The topological polar surface area (TPSA) is 51.0 Å². The highest BCUT2D eigenvalue weighted by molar-refractivity contribution is 5.94. The van der Waals surface area contributed by atoms with E-state index in [4.69, 9.17) is 10.5 Å². The number of nitrogens with two attached hydrogens (primary N) is 1. The van der Waals surface area contributed by atoms with Crippen LogP contribution < -0.4 is 10.5 Å². The van der Waals surface area contributed by atoms with Gasteiger partial charge in [-0.2, -0.15) is 0 Å². The van der Waals surface area contributed by atoms with Crippen molar-refractivity contribution in [3.63, 3.8) is 0 Å². The summed E-state index contributed by atoms with van der Waals surface area (Å²) in [7, 11) is 1.64. The zero-order chi connectivity index (χ0) is 8.55. The molecule has 0 saturated carbocycles. The maximum absolute atomic E-state index is 5.75. The van der Waals surface area contributed by atoms with Gasteiger partial charge < -0.3 is 15.5 Å². The predicted molar refractivity (Wildman–Crippen MR) is 49.3 cm³/mol. The van der Waals surface area contributed by atoms with E-state index in [1.807, 2.05) is 24.4 Å². The lowest BCUT2D eigenvalue weighted by molar-refractivity contribution is 0.419. The van der Waals surface area contributed by atoms with Gasteiger partial charge in [0.15, 0.2) is 0 Å². The summed E-state index contributed by atoms with van der Waals surface area (Å²) in [6.07, 6.45) is 1.85. The van der Waals surface area contributed by atoms with Gasteiger partial charge in [0, 0.05) is 17.3 Å². The lowest BCUT2D eigenvalue weighted by atomic mass is 10.2. The number of methoxy groups -OCH3 is 1. The number of fused-ring (bicyclic) bond motifs is 1. The van der Waals surface area contributed by atoms with Crippen molar-refractivity contribution in [1.29, 1.82) is 0 Å². The second kappa shape index (κ2) is 2.44. The molecule has 0 aliphatic rings. The van der Waals surface area contributed by atoms with E-state index in [0.717, 1.165) is 22.3 Å². The largest absolute Gasteiger partial charge is 0.495 e. The first-order valence-electron chi connectivity index (χ1n) is 3.72. The molecule has 2 rings (SSSR count). The van der Waals surface area contributed by atoms with Crippen LogP contribution in [0.5, 0.6) is 5.75 Å². The van der Waals surface area contributed by atoms with E-state index < -0.39 is 0 Å². The summed E-state index contributed by atoms with van der Waals surface area (Å²) >= 11 is 0. The molecule has 0 saturated heterocycles. The number of nitrogen functional groups attached to an aromatic ring is 1.